The number of carbonyl (C=O) groups is 1. The number of fused-ring (bicyclic) bond motifs is 1. The lowest BCUT2D eigenvalue weighted by Gasteiger charge is -2.35. The Kier molecular flexibility index (Phi) is 6.14. The molecule has 0 unspecified atom stereocenters. The maximum Gasteiger partial charge on any atom is 0.260 e. The number of amides is 1. The molecule has 3 aliphatic heterocycles. The topological polar surface area (TPSA) is 61.8 Å². The summed E-state index contributed by atoms with van der Waals surface area (Å²) in [6, 6.07) is 9.52. The van der Waals surface area contributed by atoms with Crippen LogP contribution in [0, 0.1) is 5.92 Å². The van der Waals surface area contributed by atoms with E-state index in [2.05, 4.69) is 16.7 Å². The fourth-order valence-corrected chi connectivity index (χ4v) is 4.89. The molecule has 7 heteroatoms. The second-order valence-electron chi connectivity index (χ2n) is 9.30. The lowest BCUT2D eigenvalue weighted by Crippen LogP contribution is -2.41. The van der Waals surface area contributed by atoms with Gasteiger partial charge >= 0.3 is 0 Å². The molecule has 0 saturated carbocycles. The number of carbonyl (C=O) groups excluding carboxylic acids is 1. The minimum absolute atomic E-state index is 0.0148. The molecular weight excluding hydrogens is 402 g/mol. The number of hydrogen-bond acceptors (Lipinski definition) is 6. The van der Waals surface area contributed by atoms with Crippen molar-refractivity contribution in [2.24, 2.45) is 5.92 Å². The molecule has 1 amide bonds. The number of aromatic nitrogens is 2. The van der Waals surface area contributed by atoms with Gasteiger partial charge in [0.05, 0.1) is 12.2 Å². The number of nitrogens with zero attached hydrogens (tertiary/aromatic N) is 5. The second-order valence-corrected chi connectivity index (χ2v) is 9.30. The Hall–Kier alpha value is -2.83. The lowest BCUT2D eigenvalue weighted by atomic mass is 9.99. The van der Waals surface area contributed by atoms with Crippen molar-refractivity contribution in [2.75, 3.05) is 49.1 Å². The summed E-state index contributed by atoms with van der Waals surface area (Å²) >= 11 is 0. The van der Waals surface area contributed by atoms with Gasteiger partial charge in [-0.2, -0.15) is 4.98 Å². The number of anilines is 2. The third kappa shape index (κ3) is 4.52. The van der Waals surface area contributed by atoms with Crippen molar-refractivity contribution in [2.45, 2.75) is 45.6 Å². The molecule has 0 atom stereocenters. The second kappa shape index (κ2) is 9.35. The van der Waals surface area contributed by atoms with Crippen LogP contribution in [0.25, 0.3) is 0 Å². The van der Waals surface area contributed by atoms with E-state index >= 15 is 0 Å². The van der Waals surface area contributed by atoms with E-state index in [-0.39, 0.29) is 12.5 Å². The van der Waals surface area contributed by atoms with Gasteiger partial charge in [0.15, 0.2) is 6.61 Å². The highest BCUT2D eigenvalue weighted by molar-refractivity contribution is 5.78. The minimum Gasteiger partial charge on any atom is -0.484 e. The number of ether oxygens (including phenoxy) is 1. The van der Waals surface area contributed by atoms with Crippen molar-refractivity contribution in [1.82, 2.24) is 14.9 Å². The van der Waals surface area contributed by atoms with E-state index in [0.717, 1.165) is 67.3 Å². The zero-order valence-corrected chi connectivity index (χ0v) is 19.0. The van der Waals surface area contributed by atoms with Crippen LogP contribution in [0.3, 0.4) is 0 Å². The summed E-state index contributed by atoms with van der Waals surface area (Å²) in [5.74, 6) is 3.44. The van der Waals surface area contributed by atoms with Gasteiger partial charge in [-0.3, -0.25) is 4.79 Å². The normalized spacial score (nSPS) is 19.2. The molecule has 1 aromatic heterocycles. The molecule has 0 aliphatic carbocycles. The van der Waals surface area contributed by atoms with Crippen LogP contribution in [0.5, 0.6) is 5.75 Å². The standard InChI is InChI=1S/C25H33N5O2/c1-19-9-14-29(15-10-19)25-26-22-11-16-30(23(31)18-32-20-7-3-2-4-8-20)17-21(22)24(27-25)28-12-5-6-13-28/h2-4,7-8,19H,5-6,9-18H2,1H3. The van der Waals surface area contributed by atoms with Gasteiger partial charge in [-0.1, -0.05) is 25.1 Å². The predicted octanol–water partition coefficient (Wildman–Crippen LogP) is 3.28. The molecule has 170 valence electrons. The van der Waals surface area contributed by atoms with Gasteiger partial charge in [-0.05, 0) is 43.7 Å². The molecule has 3 aliphatic rings. The molecule has 32 heavy (non-hydrogen) atoms. The zero-order valence-electron chi connectivity index (χ0n) is 19.0. The summed E-state index contributed by atoms with van der Waals surface area (Å²) in [5.41, 5.74) is 2.24. The number of para-hydroxylation sites is 1. The van der Waals surface area contributed by atoms with Crippen molar-refractivity contribution >= 4 is 17.7 Å². The number of hydrogen-bond donors (Lipinski definition) is 0. The molecule has 5 rings (SSSR count). The zero-order chi connectivity index (χ0) is 21.9. The summed E-state index contributed by atoms with van der Waals surface area (Å²) in [5, 5.41) is 0. The first-order chi connectivity index (χ1) is 15.7. The van der Waals surface area contributed by atoms with E-state index < -0.39 is 0 Å². The molecule has 4 heterocycles. The van der Waals surface area contributed by atoms with Crippen LogP contribution >= 0.6 is 0 Å². The van der Waals surface area contributed by atoms with E-state index in [4.69, 9.17) is 14.7 Å². The minimum atomic E-state index is 0.0148. The Bertz CT molecular complexity index is 937. The van der Waals surface area contributed by atoms with Crippen LogP contribution in [-0.4, -0.2) is 60.1 Å². The van der Waals surface area contributed by atoms with Crippen molar-refractivity contribution < 1.29 is 9.53 Å². The monoisotopic (exact) mass is 435 g/mol. The molecule has 0 radical (unpaired) electrons. The average Bonchev–Trinajstić information content (AvgIpc) is 3.37. The Morgan fingerprint density at radius 1 is 1.00 bits per heavy atom. The predicted molar refractivity (Wildman–Crippen MR) is 125 cm³/mol. The first-order valence-corrected chi connectivity index (χ1v) is 12.0. The largest absolute Gasteiger partial charge is 0.484 e. The molecular formula is C25H33N5O2. The molecule has 0 N–H and O–H groups in total. The quantitative estimate of drug-likeness (QED) is 0.718. The molecule has 0 bridgehead atoms. The van der Waals surface area contributed by atoms with E-state index in [0.29, 0.717) is 13.1 Å². The smallest absolute Gasteiger partial charge is 0.260 e. The molecule has 2 aromatic rings. The van der Waals surface area contributed by atoms with E-state index in [1.165, 1.54) is 25.7 Å². The third-order valence-electron chi connectivity index (χ3n) is 6.96. The number of piperidine rings is 1. The van der Waals surface area contributed by atoms with Crippen molar-refractivity contribution in [3.05, 3.63) is 41.6 Å². The molecule has 1 aromatic carbocycles. The fraction of sp³-hybridized carbons (Fsp3) is 0.560. The van der Waals surface area contributed by atoms with Crippen molar-refractivity contribution in [3.63, 3.8) is 0 Å². The van der Waals surface area contributed by atoms with Gasteiger partial charge < -0.3 is 19.4 Å². The number of rotatable bonds is 5. The van der Waals surface area contributed by atoms with Gasteiger partial charge in [0.2, 0.25) is 5.95 Å². The summed E-state index contributed by atoms with van der Waals surface area (Å²) < 4.78 is 5.71. The van der Waals surface area contributed by atoms with Gasteiger partial charge in [0.1, 0.15) is 11.6 Å². The van der Waals surface area contributed by atoms with Crippen LogP contribution in [0.2, 0.25) is 0 Å². The van der Waals surface area contributed by atoms with Crippen LogP contribution in [-0.2, 0) is 17.8 Å². The fourth-order valence-electron chi connectivity index (χ4n) is 4.89. The Morgan fingerprint density at radius 3 is 2.50 bits per heavy atom. The van der Waals surface area contributed by atoms with E-state index in [9.17, 15) is 4.79 Å². The molecule has 2 fully saturated rings. The maximum atomic E-state index is 12.9. The van der Waals surface area contributed by atoms with Gasteiger partial charge in [-0.15, -0.1) is 0 Å². The summed E-state index contributed by atoms with van der Waals surface area (Å²) in [7, 11) is 0. The lowest BCUT2D eigenvalue weighted by molar-refractivity contribution is -0.134. The highest BCUT2D eigenvalue weighted by atomic mass is 16.5. The Labute approximate surface area is 190 Å². The van der Waals surface area contributed by atoms with Crippen LogP contribution in [0.15, 0.2) is 30.3 Å². The molecule has 7 nitrogen and oxygen atoms in total. The van der Waals surface area contributed by atoms with Crippen LogP contribution < -0.4 is 14.5 Å². The SMILES string of the molecule is CC1CCN(c2nc3c(c(N4CCCC4)n2)CN(C(=O)COc2ccccc2)CC3)CC1. The summed E-state index contributed by atoms with van der Waals surface area (Å²) in [6.45, 7) is 7.75. The van der Waals surface area contributed by atoms with Gasteiger partial charge in [-0.25, -0.2) is 4.98 Å². The summed E-state index contributed by atoms with van der Waals surface area (Å²) in [4.78, 5) is 29.6. The van der Waals surface area contributed by atoms with Crippen LogP contribution in [0.1, 0.15) is 43.9 Å². The van der Waals surface area contributed by atoms with Crippen molar-refractivity contribution in [1.29, 1.82) is 0 Å². The van der Waals surface area contributed by atoms with E-state index in [1.54, 1.807) is 0 Å². The molecule has 2 saturated heterocycles. The number of benzene rings is 1. The third-order valence-corrected chi connectivity index (χ3v) is 6.96. The van der Waals surface area contributed by atoms with E-state index in [1.807, 2.05) is 35.2 Å². The van der Waals surface area contributed by atoms with Crippen LogP contribution in [0.4, 0.5) is 11.8 Å². The Balaban J connectivity index is 1.35. The first-order valence-electron chi connectivity index (χ1n) is 12.0. The first kappa shape index (κ1) is 21.0. The van der Waals surface area contributed by atoms with Gasteiger partial charge in [0, 0.05) is 44.7 Å². The van der Waals surface area contributed by atoms with Crippen molar-refractivity contribution in [3.8, 4) is 5.75 Å². The maximum absolute atomic E-state index is 12.9. The Morgan fingerprint density at radius 2 is 1.75 bits per heavy atom. The van der Waals surface area contributed by atoms with Gasteiger partial charge in [0.25, 0.3) is 5.91 Å². The molecule has 0 spiro atoms. The highest BCUT2D eigenvalue weighted by Gasteiger charge is 2.30. The average molecular weight is 436 g/mol. The highest BCUT2D eigenvalue weighted by Crippen LogP contribution is 2.32. The summed E-state index contributed by atoms with van der Waals surface area (Å²) in [6.07, 6.45) is 5.56.